The third-order valence-corrected chi connectivity index (χ3v) is 7.21. The minimum absolute atomic E-state index is 0. The zero-order chi connectivity index (χ0) is 28.0. The number of carbonyl (C=O) groups is 1. The number of allylic oxidation sites excluding steroid dienone is 4. The number of rotatable bonds is 3. The molecule has 0 aromatic carbocycles. The maximum Gasteiger partial charge on any atom is 0.329 e. The van der Waals surface area contributed by atoms with Crippen LogP contribution in [0.3, 0.4) is 0 Å². The molecule has 0 aliphatic carbocycles. The Kier molecular flexibility index (Phi) is 18.9. The van der Waals surface area contributed by atoms with E-state index in [9.17, 15) is 25.2 Å². The van der Waals surface area contributed by atoms with E-state index in [-0.39, 0.29) is 57.1 Å². The maximum atomic E-state index is 12.5. The van der Waals surface area contributed by atoms with Crippen LogP contribution in [0.4, 0.5) is 0 Å². The quantitative estimate of drug-likeness (QED) is 0.147. The van der Waals surface area contributed by atoms with Crippen LogP contribution in [0.1, 0.15) is 60.3 Å². The predicted molar refractivity (Wildman–Crippen MR) is 149 cm³/mol. The Morgan fingerprint density at radius 3 is 2.39 bits per heavy atom. The molecule has 10 atom stereocenters. The van der Waals surface area contributed by atoms with Crippen LogP contribution in [0.25, 0.3) is 0 Å². The monoisotopic (exact) mass is 701 g/mol. The Morgan fingerprint density at radius 2 is 1.74 bits per heavy atom. The number of cyclic esters (lactones) is 1. The van der Waals surface area contributed by atoms with Crippen molar-refractivity contribution in [1.29, 1.82) is 0 Å². The minimum atomic E-state index is -0.863. The van der Waals surface area contributed by atoms with Gasteiger partial charge in [0.15, 0.2) is 0 Å². The smallest absolute Gasteiger partial charge is 0.329 e. The fraction of sp³-hybridized carbons (Fsp3) is 0.613. The first-order valence-corrected chi connectivity index (χ1v) is 13.5. The van der Waals surface area contributed by atoms with E-state index in [0.29, 0.717) is 6.42 Å². The van der Waals surface area contributed by atoms with Gasteiger partial charge in [-0.25, -0.2) is 23.4 Å². The van der Waals surface area contributed by atoms with E-state index < -0.39 is 36.5 Å². The summed E-state index contributed by atoms with van der Waals surface area (Å²) in [5.41, 5.74) is 0. The van der Waals surface area contributed by atoms with Crippen molar-refractivity contribution >= 4 is 5.97 Å². The zero-order valence-electron chi connectivity index (χ0n) is 23.6. The molecule has 0 bridgehead atoms. The molecule has 4 N–H and O–H groups in total. The van der Waals surface area contributed by atoms with Crippen molar-refractivity contribution in [3.05, 3.63) is 67.7 Å². The number of aliphatic hydroxyl groups excluding tert-OH is 4. The number of hydrogen-bond donors (Lipinski definition) is 4. The molecule has 0 aromatic rings. The Labute approximate surface area is 244 Å². The van der Waals surface area contributed by atoms with Gasteiger partial charge in [0.1, 0.15) is 6.10 Å². The molecule has 0 saturated heterocycles. The summed E-state index contributed by atoms with van der Waals surface area (Å²) < 4.78 is 5.77. The van der Waals surface area contributed by atoms with Crippen molar-refractivity contribution in [1.82, 2.24) is 0 Å². The molecule has 6 nitrogen and oxygen atoms in total. The van der Waals surface area contributed by atoms with E-state index in [1.54, 1.807) is 36.5 Å². The zero-order valence-corrected chi connectivity index (χ0v) is 26.5. The summed E-state index contributed by atoms with van der Waals surface area (Å²) in [5, 5.41) is 42.2. The summed E-state index contributed by atoms with van der Waals surface area (Å²) in [6, 6.07) is 0. The molecule has 1 aliphatic rings. The van der Waals surface area contributed by atoms with E-state index in [4.69, 9.17) is 4.74 Å². The van der Waals surface area contributed by atoms with Crippen LogP contribution in [0.5, 0.6) is 0 Å². The normalized spacial score (nSPS) is 38.2. The molecule has 1 rings (SSSR count). The Morgan fingerprint density at radius 1 is 1.05 bits per heavy atom. The van der Waals surface area contributed by atoms with Gasteiger partial charge in [-0.1, -0.05) is 71.6 Å². The molecule has 7 heteroatoms. The van der Waals surface area contributed by atoms with Crippen molar-refractivity contribution in [3.63, 3.8) is 0 Å². The van der Waals surface area contributed by atoms with Crippen LogP contribution in [-0.4, -0.2) is 56.9 Å². The molecule has 216 valence electrons. The number of ether oxygens (including phenoxy) is 1. The molecule has 3 unspecified atom stereocenters. The minimum Gasteiger partial charge on any atom is -0.458 e. The first kappa shape index (κ1) is 36.6. The van der Waals surface area contributed by atoms with Gasteiger partial charge in [-0.15, -0.1) is 6.08 Å². The topological polar surface area (TPSA) is 107 Å². The Bertz CT molecular complexity index is 791. The predicted octanol–water partition coefficient (Wildman–Crippen LogP) is 4.71. The average Bonchev–Trinajstić information content (AvgIpc) is 2.85. The van der Waals surface area contributed by atoms with E-state index >= 15 is 0 Å². The van der Waals surface area contributed by atoms with Crippen molar-refractivity contribution in [3.8, 4) is 0 Å². The van der Waals surface area contributed by atoms with Crippen LogP contribution >= 0.6 is 0 Å². The fourth-order valence-corrected chi connectivity index (χ4v) is 4.79. The molecule has 0 saturated carbocycles. The summed E-state index contributed by atoms with van der Waals surface area (Å²) >= 11 is 0. The van der Waals surface area contributed by atoms with Gasteiger partial charge >= 0.3 is 5.97 Å². The molecule has 1 aliphatic heterocycles. The average molecular weight is 702 g/mol. The largest absolute Gasteiger partial charge is 0.458 e. The molecule has 0 radical (unpaired) electrons. The number of aliphatic hydroxyl groups is 4. The SMILES string of the molecule is C=C/C=C\[C@H](C)[C@@H]1OC(=O)/C=C\C=C\[CH-]C(O)C[C@H](O)/C=C\[C@H](C)[C@H](O)[C@@H](C)CC(C)CCC(O)[C@@H]1C.[W]. The van der Waals surface area contributed by atoms with E-state index in [0.717, 1.165) is 12.8 Å². The van der Waals surface area contributed by atoms with Crippen LogP contribution in [0, 0.1) is 36.0 Å². The summed E-state index contributed by atoms with van der Waals surface area (Å²) in [6.07, 6.45) is 15.2. The second-order valence-electron chi connectivity index (χ2n) is 10.7. The first-order valence-electron chi connectivity index (χ1n) is 13.5. The number of hydrogen-bond acceptors (Lipinski definition) is 6. The summed E-state index contributed by atoms with van der Waals surface area (Å²) in [4.78, 5) is 12.5. The molecule has 0 fully saturated rings. The third-order valence-electron chi connectivity index (χ3n) is 7.21. The standard InChI is InChI=1S/C31H49O6.W/c1-7-8-12-23(4)31-25(6)28(34)18-15-21(2)19-24(5)30(36)22(3)16-17-27(33)20-26(32)13-10-9-11-14-29(35)37-31;/h7-14,16-17,21-28,30-34,36H,1,15,18-20H2,2-6H3;/q-1;/b10-9+,12-8-,14-11-,17-16-;/t21?,22-,23-,24-,25-,26?,27+,28?,30-,31-;/m0./s1. The van der Waals surface area contributed by atoms with Crippen molar-refractivity contribution in [2.45, 2.75) is 90.8 Å². The van der Waals surface area contributed by atoms with Crippen molar-refractivity contribution in [2.24, 2.45) is 29.6 Å². The molecule has 0 spiro atoms. The van der Waals surface area contributed by atoms with Gasteiger partial charge in [-0.05, 0) is 37.5 Å². The molecule has 1 heterocycles. The molecular weight excluding hydrogens is 652 g/mol. The summed E-state index contributed by atoms with van der Waals surface area (Å²) in [7, 11) is 0. The second kappa shape index (κ2) is 19.6. The molecular formula is C31H49O6W-. The third kappa shape index (κ3) is 14.1. The fourth-order valence-electron chi connectivity index (χ4n) is 4.79. The molecule has 38 heavy (non-hydrogen) atoms. The Balaban J connectivity index is 0.0000137. The van der Waals surface area contributed by atoms with E-state index in [2.05, 4.69) is 13.5 Å². The van der Waals surface area contributed by atoms with Crippen LogP contribution in [-0.2, 0) is 30.6 Å². The van der Waals surface area contributed by atoms with Crippen LogP contribution in [0.2, 0.25) is 0 Å². The van der Waals surface area contributed by atoms with Gasteiger partial charge < -0.3 is 25.2 Å². The number of esters is 1. The van der Waals surface area contributed by atoms with E-state index in [1.165, 1.54) is 18.6 Å². The van der Waals surface area contributed by atoms with Gasteiger partial charge in [0.05, 0.1) is 18.3 Å². The van der Waals surface area contributed by atoms with Gasteiger partial charge in [-0.2, -0.15) is 0 Å². The van der Waals surface area contributed by atoms with Gasteiger partial charge in [0.2, 0.25) is 0 Å². The molecule has 0 aromatic heterocycles. The second-order valence-corrected chi connectivity index (χ2v) is 10.7. The molecule has 0 amide bonds. The van der Waals surface area contributed by atoms with Crippen molar-refractivity contribution in [2.75, 3.05) is 0 Å². The number of carbonyl (C=O) groups excluding carboxylic acids is 1. The van der Waals surface area contributed by atoms with Crippen LogP contribution in [0.15, 0.2) is 61.3 Å². The summed E-state index contributed by atoms with van der Waals surface area (Å²) in [6.45, 7) is 13.6. The maximum absolute atomic E-state index is 12.5. The van der Waals surface area contributed by atoms with Gasteiger partial charge in [0.25, 0.3) is 0 Å². The van der Waals surface area contributed by atoms with Crippen molar-refractivity contribution < 1.29 is 51.0 Å². The van der Waals surface area contributed by atoms with Gasteiger partial charge in [0, 0.05) is 51.0 Å². The van der Waals surface area contributed by atoms with Gasteiger partial charge in [-0.3, -0.25) is 0 Å². The summed E-state index contributed by atoms with van der Waals surface area (Å²) in [5.74, 6) is -0.754. The van der Waals surface area contributed by atoms with E-state index in [1.807, 2.05) is 33.8 Å². The Hall–Kier alpha value is -1.43. The first-order chi connectivity index (χ1) is 17.5. The van der Waals surface area contributed by atoms with Crippen LogP contribution < -0.4 is 0 Å².